The van der Waals surface area contributed by atoms with Crippen LogP contribution in [0, 0.1) is 0 Å². The first-order valence-corrected chi connectivity index (χ1v) is 6.49. The van der Waals surface area contributed by atoms with Gasteiger partial charge in [-0.25, -0.2) is 0 Å². The number of carbonyl (C=O) groups excluding carboxylic acids is 1. The second-order valence-corrected chi connectivity index (χ2v) is 5.54. The van der Waals surface area contributed by atoms with Crippen LogP contribution in [-0.2, 0) is 11.2 Å². The third kappa shape index (κ3) is 2.82. The van der Waals surface area contributed by atoms with E-state index in [0.717, 1.165) is 24.9 Å². The minimum absolute atomic E-state index is 0.194. The number of halogens is 2. The molecule has 4 heteroatoms. The van der Waals surface area contributed by atoms with Gasteiger partial charge in [0.25, 0.3) is 0 Å². The molecule has 1 aliphatic rings. The third-order valence-electron chi connectivity index (χ3n) is 3.35. The molecule has 1 fully saturated rings. The summed E-state index contributed by atoms with van der Waals surface area (Å²) in [6, 6.07) is 5.26. The van der Waals surface area contributed by atoms with Crippen LogP contribution in [0.3, 0.4) is 0 Å². The molecule has 17 heavy (non-hydrogen) atoms. The maximum atomic E-state index is 12.2. The predicted octanol–water partition coefficient (Wildman–Crippen LogP) is 3.25. The van der Waals surface area contributed by atoms with Gasteiger partial charge >= 0.3 is 0 Å². The molecular formula is C13H15Cl2NO. The normalized spacial score (nSPS) is 23.9. The number of nitrogens with one attached hydrogen (secondary N) is 1. The Balaban J connectivity index is 2.13. The number of hydrogen-bond acceptors (Lipinski definition) is 2. The second kappa shape index (κ2) is 4.97. The highest BCUT2D eigenvalue weighted by Gasteiger charge is 2.35. The van der Waals surface area contributed by atoms with Crippen LogP contribution in [0.2, 0.25) is 10.0 Å². The van der Waals surface area contributed by atoms with Crippen molar-refractivity contribution >= 4 is 29.0 Å². The minimum atomic E-state index is -0.386. The van der Waals surface area contributed by atoms with Crippen LogP contribution < -0.4 is 5.32 Å². The lowest BCUT2D eigenvalue weighted by atomic mass is 9.90. The molecule has 0 radical (unpaired) electrons. The van der Waals surface area contributed by atoms with Crippen LogP contribution >= 0.6 is 23.2 Å². The van der Waals surface area contributed by atoms with E-state index in [4.69, 9.17) is 23.2 Å². The Bertz CT molecular complexity index is 439. The number of rotatable bonds is 3. The second-order valence-electron chi connectivity index (χ2n) is 4.70. The largest absolute Gasteiger partial charge is 0.305 e. The lowest BCUT2D eigenvalue weighted by Gasteiger charge is -2.22. The summed E-state index contributed by atoms with van der Waals surface area (Å²) in [6.07, 6.45) is 2.31. The molecule has 1 aromatic rings. The van der Waals surface area contributed by atoms with E-state index in [1.807, 2.05) is 13.0 Å². The monoisotopic (exact) mass is 271 g/mol. The maximum Gasteiger partial charge on any atom is 0.156 e. The summed E-state index contributed by atoms with van der Waals surface area (Å²) in [7, 11) is 0. The molecule has 0 aliphatic carbocycles. The van der Waals surface area contributed by atoms with Crippen LogP contribution in [0.1, 0.15) is 25.3 Å². The van der Waals surface area contributed by atoms with Crippen LogP contribution in [0.15, 0.2) is 18.2 Å². The van der Waals surface area contributed by atoms with Gasteiger partial charge in [0.2, 0.25) is 0 Å². The van der Waals surface area contributed by atoms with Crippen LogP contribution in [-0.4, -0.2) is 17.9 Å². The molecule has 1 unspecified atom stereocenters. The summed E-state index contributed by atoms with van der Waals surface area (Å²) in [5, 5.41) is 4.42. The Hall–Kier alpha value is -0.570. The van der Waals surface area contributed by atoms with Gasteiger partial charge in [0, 0.05) is 16.5 Å². The van der Waals surface area contributed by atoms with Crippen LogP contribution in [0.25, 0.3) is 0 Å². The van der Waals surface area contributed by atoms with Crippen molar-refractivity contribution < 1.29 is 4.79 Å². The summed E-state index contributed by atoms with van der Waals surface area (Å²) in [6.45, 7) is 2.88. The fraction of sp³-hybridized carbons (Fsp3) is 0.462. The average Bonchev–Trinajstić information content (AvgIpc) is 2.71. The Kier molecular flexibility index (Phi) is 3.76. The first kappa shape index (κ1) is 12.9. The molecule has 0 bridgehead atoms. The van der Waals surface area contributed by atoms with E-state index in [-0.39, 0.29) is 11.3 Å². The van der Waals surface area contributed by atoms with Gasteiger partial charge in [-0.2, -0.15) is 0 Å². The third-order valence-corrected chi connectivity index (χ3v) is 3.94. The van der Waals surface area contributed by atoms with E-state index in [2.05, 4.69) is 5.32 Å². The zero-order chi connectivity index (χ0) is 12.5. The first-order valence-electron chi connectivity index (χ1n) is 5.73. The minimum Gasteiger partial charge on any atom is -0.305 e. The lowest BCUT2D eigenvalue weighted by molar-refractivity contribution is -0.123. The van der Waals surface area contributed by atoms with Crippen molar-refractivity contribution in [3.8, 4) is 0 Å². The molecule has 0 aromatic heterocycles. The molecular weight excluding hydrogens is 257 g/mol. The van der Waals surface area contributed by atoms with Gasteiger partial charge in [0.05, 0.1) is 5.54 Å². The molecule has 1 heterocycles. The predicted molar refractivity (Wildman–Crippen MR) is 70.8 cm³/mol. The zero-order valence-electron chi connectivity index (χ0n) is 9.72. The topological polar surface area (TPSA) is 29.1 Å². The van der Waals surface area contributed by atoms with E-state index in [1.165, 1.54) is 0 Å². The van der Waals surface area contributed by atoms with Gasteiger partial charge in [-0.1, -0.05) is 29.3 Å². The van der Waals surface area contributed by atoms with Gasteiger partial charge in [-0.05, 0) is 44.0 Å². The summed E-state index contributed by atoms with van der Waals surface area (Å²) < 4.78 is 0. The van der Waals surface area contributed by atoms with E-state index in [9.17, 15) is 4.79 Å². The lowest BCUT2D eigenvalue weighted by Crippen LogP contribution is -2.45. The number of benzene rings is 1. The van der Waals surface area contributed by atoms with Crippen LogP contribution in [0.4, 0.5) is 0 Å². The molecule has 2 rings (SSSR count). The van der Waals surface area contributed by atoms with Crippen molar-refractivity contribution in [1.29, 1.82) is 0 Å². The summed E-state index contributed by atoms with van der Waals surface area (Å²) in [5.74, 6) is 0.194. The molecule has 0 amide bonds. The Morgan fingerprint density at radius 1 is 1.47 bits per heavy atom. The van der Waals surface area contributed by atoms with Gasteiger partial charge in [0.1, 0.15) is 0 Å². The first-order chi connectivity index (χ1) is 8.01. The number of Topliss-reactive ketones (excluding diaryl/α,β-unsaturated/α-hetero) is 1. The summed E-state index contributed by atoms with van der Waals surface area (Å²) in [4.78, 5) is 12.2. The van der Waals surface area contributed by atoms with E-state index in [0.29, 0.717) is 16.5 Å². The van der Waals surface area contributed by atoms with Crippen LogP contribution in [0.5, 0.6) is 0 Å². The quantitative estimate of drug-likeness (QED) is 0.915. The average molecular weight is 272 g/mol. The number of hydrogen-bond donors (Lipinski definition) is 1. The molecule has 1 saturated heterocycles. The van der Waals surface area contributed by atoms with Crippen molar-refractivity contribution in [3.05, 3.63) is 33.8 Å². The molecule has 1 atom stereocenters. The SMILES string of the molecule is CC1(C(=O)Cc2ccc(Cl)cc2Cl)CCCN1. The standard InChI is InChI=1S/C13H15Cl2NO/c1-13(5-2-6-16-13)12(17)7-9-3-4-10(14)8-11(9)15/h3-4,8,16H,2,5-7H2,1H3. The van der Waals surface area contributed by atoms with E-state index < -0.39 is 0 Å². The summed E-state index contributed by atoms with van der Waals surface area (Å²) >= 11 is 11.9. The molecule has 1 aliphatic heterocycles. The van der Waals surface area contributed by atoms with Gasteiger partial charge in [0.15, 0.2) is 5.78 Å². The molecule has 1 N–H and O–H groups in total. The molecule has 2 nitrogen and oxygen atoms in total. The Labute approximate surface area is 111 Å². The molecule has 0 spiro atoms. The van der Waals surface area contributed by atoms with Gasteiger partial charge < -0.3 is 5.32 Å². The fourth-order valence-corrected chi connectivity index (χ4v) is 2.64. The highest BCUT2D eigenvalue weighted by atomic mass is 35.5. The highest BCUT2D eigenvalue weighted by molar-refractivity contribution is 6.35. The smallest absolute Gasteiger partial charge is 0.156 e. The van der Waals surface area contributed by atoms with Crippen molar-refractivity contribution in [1.82, 2.24) is 5.32 Å². The molecule has 92 valence electrons. The van der Waals surface area contributed by atoms with Crippen molar-refractivity contribution in [2.75, 3.05) is 6.54 Å². The van der Waals surface area contributed by atoms with E-state index in [1.54, 1.807) is 12.1 Å². The number of ketones is 1. The Morgan fingerprint density at radius 2 is 2.24 bits per heavy atom. The highest BCUT2D eigenvalue weighted by Crippen LogP contribution is 2.25. The van der Waals surface area contributed by atoms with Crippen molar-refractivity contribution in [2.24, 2.45) is 0 Å². The van der Waals surface area contributed by atoms with Crippen molar-refractivity contribution in [3.63, 3.8) is 0 Å². The fourth-order valence-electron chi connectivity index (χ4n) is 2.17. The maximum absolute atomic E-state index is 12.2. The van der Waals surface area contributed by atoms with Crippen molar-refractivity contribution in [2.45, 2.75) is 31.7 Å². The van der Waals surface area contributed by atoms with Gasteiger partial charge in [-0.3, -0.25) is 4.79 Å². The van der Waals surface area contributed by atoms with E-state index >= 15 is 0 Å². The molecule has 1 aromatic carbocycles. The zero-order valence-corrected chi connectivity index (χ0v) is 11.2. The number of carbonyl (C=O) groups is 1. The Morgan fingerprint density at radius 3 is 2.82 bits per heavy atom. The summed E-state index contributed by atoms with van der Waals surface area (Å²) in [5.41, 5.74) is 0.458. The van der Waals surface area contributed by atoms with Gasteiger partial charge in [-0.15, -0.1) is 0 Å². The molecule has 0 saturated carbocycles.